The number of guanidine groups is 1. The number of furan rings is 1. The first kappa shape index (κ1) is 25.4. The van der Waals surface area contributed by atoms with Gasteiger partial charge in [-0.3, -0.25) is 4.79 Å². The number of benzene rings is 2. The number of anilines is 2. The third-order valence-corrected chi connectivity index (χ3v) is 5.50. The largest absolute Gasteiger partial charge is 0.506 e. The Hall–Kier alpha value is -3.21. The molecule has 0 saturated carbocycles. The number of amides is 1. The van der Waals surface area contributed by atoms with Crippen LogP contribution in [0.2, 0.25) is 0 Å². The van der Waals surface area contributed by atoms with Crippen LogP contribution in [0, 0.1) is 0 Å². The van der Waals surface area contributed by atoms with Crippen molar-refractivity contribution in [1.82, 2.24) is 10.2 Å². The molecule has 0 radical (unpaired) electrons. The molecular weight excluding hydrogens is 545 g/mol. The van der Waals surface area contributed by atoms with Crippen molar-refractivity contribution in [2.75, 3.05) is 42.9 Å². The molecule has 4 rings (SSSR count). The number of hydrogen-bond acceptors (Lipinski definition) is 5. The normalized spacial score (nSPS) is 13.9. The van der Waals surface area contributed by atoms with Crippen LogP contribution >= 0.6 is 24.0 Å². The van der Waals surface area contributed by atoms with Crippen LogP contribution in [0.1, 0.15) is 23.0 Å². The van der Waals surface area contributed by atoms with Crippen LogP contribution in [0.5, 0.6) is 5.75 Å². The van der Waals surface area contributed by atoms with Crippen LogP contribution in [0.4, 0.5) is 11.4 Å². The average Bonchev–Trinajstić information content (AvgIpc) is 3.39. The lowest BCUT2D eigenvalue weighted by Gasteiger charge is -2.37. The van der Waals surface area contributed by atoms with Gasteiger partial charge < -0.3 is 30.0 Å². The van der Waals surface area contributed by atoms with Crippen LogP contribution in [0.25, 0.3) is 0 Å². The molecule has 34 heavy (non-hydrogen) atoms. The number of halogens is 1. The molecular formula is C25H30IN5O3. The topological polar surface area (TPSA) is 93.3 Å². The summed E-state index contributed by atoms with van der Waals surface area (Å²) >= 11 is 0. The maximum atomic E-state index is 12.1. The number of phenols is 1. The zero-order valence-electron chi connectivity index (χ0n) is 19.1. The monoisotopic (exact) mass is 575 g/mol. The molecule has 0 atom stereocenters. The minimum Gasteiger partial charge on any atom is -0.506 e. The summed E-state index contributed by atoms with van der Waals surface area (Å²) in [5.41, 5.74) is 2.63. The van der Waals surface area contributed by atoms with Crippen molar-refractivity contribution in [3.63, 3.8) is 0 Å². The number of phenolic OH excluding ortho intramolecular Hbond substituents is 1. The Morgan fingerprint density at radius 1 is 1.03 bits per heavy atom. The first-order valence-electron chi connectivity index (χ1n) is 11.1. The van der Waals surface area contributed by atoms with Crippen LogP contribution in [0.3, 0.4) is 0 Å². The second-order valence-electron chi connectivity index (χ2n) is 7.76. The van der Waals surface area contributed by atoms with Gasteiger partial charge in [-0.1, -0.05) is 24.3 Å². The van der Waals surface area contributed by atoms with E-state index < -0.39 is 0 Å². The number of aromatic hydroxyl groups is 1. The van der Waals surface area contributed by atoms with Crippen LogP contribution in [-0.4, -0.2) is 54.6 Å². The van der Waals surface area contributed by atoms with Crippen molar-refractivity contribution in [3.8, 4) is 5.75 Å². The average molecular weight is 575 g/mol. The first-order valence-corrected chi connectivity index (χ1v) is 11.1. The second kappa shape index (κ2) is 12.3. The van der Waals surface area contributed by atoms with E-state index in [1.807, 2.05) is 42.5 Å². The zero-order chi connectivity index (χ0) is 23.0. The number of rotatable bonds is 6. The quantitative estimate of drug-likeness (QED) is 0.233. The van der Waals surface area contributed by atoms with E-state index in [1.54, 1.807) is 18.2 Å². The summed E-state index contributed by atoms with van der Waals surface area (Å²) in [5.74, 6) is 1.20. The number of nitrogens with one attached hydrogen (secondary N) is 2. The number of carbonyl (C=O) groups excluding carboxylic acids is 1. The van der Waals surface area contributed by atoms with Gasteiger partial charge in [0.05, 0.1) is 18.5 Å². The Morgan fingerprint density at radius 3 is 2.41 bits per heavy atom. The highest BCUT2D eigenvalue weighted by Crippen LogP contribution is 2.27. The number of hydrogen-bond donors (Lipinski definition) is 3. The minimum absolute atomic E-state index is 0. The molecule has 2 aromatic carbocycles. The molecule has 1 aliphatic heterocycles. The Kier molecular flexibility index (Phi) is 9.20. The van der Waals surface area contributed by atoms with E-state index in [4.69, 9.17) is 9.41 Å². The lowest BCUT2D eigenvalue weighted by Crippen LogP contribution is -2.52. The second-order valence-corrected chi connectivity index (χ2v) is 7.76. The van der Waals surface area contributed by atoms with Crippen LogP contribution < -0.4 is 15.5 Å². The van der Waals surface area contributed by atoms with Crippen molar-refractivity contribution in [3.05, 3.63) is 78.3 Å². The lowest BCUT2D eigenvalue weighted by molar-refractivity contribution is 0.0996. The van der Waals surface area contributed by atoms with E-state index in [-0.39, 0.29) is 35.6 Å². The minimum atomic E-state index is -0.275. The highest BCUT2D eigenvalue weighted by atomic mass is 127. The summed E-state index contributed by atoms with van der Waals surface area (Å²) in [6, 6.07) is 18.4. The molecule has 2 heterocycles. The Bertz CT molecular complexity index is 1080. The first-order chi connectivity index (χ1) is 16.1. The Balaban J connectivity index is 0.00000324. The molecule has 1 saturated heterocycles. The maximum Gasteiger partial charge on any atom is 0.291 e. The SMILES string of the molecule is CCNC(=NCc1ccc(NC(=O)c2ccco2)cc1)N1CCN(c2ccccc2O)CC1.I. The van der Waals surface area contributed by atoms with E-state index in [0.717, 1.165) is 49.9 Å². The molecule has 180 valence electrons. The van der Waals surface area contributed by atoms with Crippen molar-refractivity contribution < 1.29 is 14.3 Å². The van der Waals surface area contributed by atoms with Gasteiger partial charge in [0.15, 0.2) is 11.7 Å². The molecule has 0 bridgehead atoms. The van der Waals surface area contributed by atoms with Crippen molar-refractivity contribution in [2.24, 2.45) is 4.99 Å². The summed E-state index contributed by atoms with van der Waals surface area (Å²) in [4.78, 5) is 21.4. The van der Waals surface area contributed by atoms with Crippen molar-refractivity contribution in [1.29, 1.82) is 0 Å². The molecule has 0 aliphatic carbocycles. The number of piperazine rings is 1. The molecule has 1 amide bonds. The van der Waals surface area contributed by atoms with E-state index in [2.05, 4.69) is 27.4 Å². The fourth-order valence-corrected chi connectivity index (χ4v) is 3.78. The van der Waals surface area contributed by atoms with E-state index >= 15 is 0 Å². The van der Waals surface area contributed by atoms with Crippen molar-refractivity contribution >= 4 is 47.2 Å². The Labute approximate surface area is 216 Å². The third-order valence-electron chi connectivity index (χ3n) is 5.50. The summed E-state index contributed by atoms with van der Waals surface area (Å²) < 4.78 is 5.12. The van der Waals surface area contributed by atoms with Gasteiger partial charge in [-0.15, -0.1) is 24.0 Å². The highest BCUT2D eigenvalue weighted by molar-refractivity contribution is 14.0. The van der Waals surface area contributed by atoms with Crippen LogP contribution in [0.15, 0.2) is 76.3 Å². The lowest BCUT2D eigenvalue weighted by atomic mass is 10.2. The molecule has 1 aliphatic rings. The highest BCUT2D eigenvalue weighted by Gasteiger charge is 2.21. The smallest absolute Gasteiger partial charge is 0.291 e. The van der Waals surface area contributed by atoms with E-state index in [9.17, 15) is 9.90 Å². The fraction of sp³-hybridized carbons (Fsp3) is 0.280. The summed E-state index contributed by atoms with van der Waals surface area (Å²) in [6.07, 6.45) is 1.48. The van der Waals surface area contributed by atoms with Crippen molar-refractivity contribution in [2.45, 2.75) is 13.5 Å². The Morgan fingerprint density at radius 2 is 1.76 bits per heavy atom. The molecule has 0 spiro atoms. The van der Waals surface area contributed by atoms with E-state index in [1.165, 1.54) is 6.26 Å². The van der Waals surface area contributed by atoms with Crippen LogP contribution in [-0.2, 0) is 6.54 Å². The van der Waals surface area contributed by atoms with Gasteiger partial charge in [-0.05, 0) is 48.9 Å². The van der Waals surface area contributed by atoms with Gasteiger partial charge in [0.2, 0.25) is 0 Å². The maximum absolute atomic E-state index is 12.1. The molecule has 1 aromatic heterocycles. The van der Waals surface area contributed by atoms with Gasteiger partial charge >= 0.3 is 0 Å². The third kappa shape index (κ3) is 6.43. The number of aliphatic imine (C=N–C) groups is 1. The molecule has 3 N–H and O–H groups in total. The number of para-hydroxylation sites is 2. The van der Waals surface area contributed by atoms with Gasteiger partial charge in [-0.2, -0.15) is 0 Å². The van der Waals surface area contributed by atoms with Gasteiger partial charge in [0.1, 0.15) is 5.75 Å². The number of nitrogens with zero attached hydrogens (tertiary/aromatic N) is 3. The summed E-state index contributed by atoms with van der Waals surface area (Å²) in [5, 5.41) is 16.3. The number of carbonyl (C=O) groups is 1. The molecule has 8 nitrogen and oxygen atoms in total. The molecule has 1 fully saturated rings. The van der Waals surface area contributed by atoms with Gasteiger partial charge in [0, 0.05) is 38.4 Å². The predicted octanol–water partition coefficient (Wildman–Crippen LogP) is 4.14. The molecule has 0 unspecified atom stereocenters. The molecule has 3 aromatic rings. The zero-order valence-corrected chi connectivity index (χ0v) is 21.4. The summed E-state index contributed by atoms with van der Waals surface area (Å²) in [7, 11) is 0. The van der Waals surface area contributed by atoms with Gasteiger partial charge in [-0.25, -0.2) is 4.99 Å². The fourth-order valence-electron chi connectivity index (χ4n) is 3.78. The summed E-state index contributed by atoms with van der Waals surface area (Å²) in [6.45, 7) is 6.64. The standard InChI is InChI=1S/C25H29N5O3.HI/c1-2-26-25(30-15-13-29(14-16-30)21-6-3-4-7-22(21)31)27-18-19-9-11-20(12-10-19)28-24(32)23-8-5-17-33-23;/h3-12,17,31H,2,13-16,18H2,1H3,(H,26,27)(H,28,32);1H. The van der Waals surface area contributed by atoms with Gasteiger partial charge in [0.25, 0.3) is 5.91 Å². The molecule has 9 heteroatoms. The van der Waals surface area contributed by atoms with E-state index in [0.29, 0.717) is 18.0 Å². The predicted molar refractivity (Wildman–Crippen MR) is 145 cm³/mol.